The van der Waals surface area contributed by atoms with E-state index >= 15 is 0 Å². The molecule has 0 saturated carbocycles. The zero-order valence-corrected chi connectivity index (χ0v) is 17.7. The molecule has 4 aromatic rings. The van der Waals surface area contributed by atoms with Gasteiger partial charge in [-0.1, -0.05) is 6.92 Å². The summed E-state index contributed by atoms with van der Waals surface area (Å²) >= 11 is 0. The van der Waals surface area contributed by atoms with Crippen molar-refractivity contribution in [1.82, 2.24) is 34.8 Å². The molecule has 0 bridgehead atoms. The molecule has 0 aliphatic heterocycles. The number of pyridine rings is 2. The number of rotatable bonds is 7. The summed E-state index contributed by atoms with van der Waals surface area (Å²) in [6.07, 6.45) is 8.89. The molecule has 10 nitrogen and oxygen atoms in total. The Balaban J connectivity index is 0.00000132. The summed E-state index contributed by atoms with van der Waals surface area (Å²) in [5.74, 6) is 1.06. The van der Waals surface area contributed by atoms with Gasteiger partial charge >= 0.3 is 0 Å². The van der Waals surface area contributed by atoms with E-state index in [0.717, 1.165) is 53.7 Å². The van der Waals surface area contributed by atoms with Crippen molar-refractivity contribution >= 4 is 33.8 Å². The highest BCUT2D eigenvalue weighted by molar-refractivity contribution is 5.99. The van der Waals surface area contributed by atoms with E-state index in [2.05, 4.69) is 42.5 Å². The van der Waals surface area contributed by atoms with Gasteiger partial charge in [0, 0.05) is 25.7 Å². The van der Waals surface area contributed by atoms with E-state index < -0.39 is 0 Å². The molecule has 31 heavy (non-hydrogen) atoms. The van der Waals surface area contributed by atoms with E-state index in [0.29, 0.717) is 6.54 Å². The van der Waals surface area contributed by atoms with Crippen molar-refractivity contribution in [3.05, 3.63) is 48.4 Å². The third-order valence-electron chi connectivity index (χ3n) is 4.72. The van der Waals surface area contributed by atoms with Gasteiger partial charge in [0.05, 0.1) is 29.6 Å². The quantitative estimate of drug-likeness (QED) is 0.381. The van der Waals surface area contributed by atoms with Crippen LogP contribution >= 0.6 is 0 Å². The number of nitrogen functional groups attached to an aromatic ring is 1. The summed E-state index contributed by atoms with van der Waals surface area (Å²) in [5, 5.41) is 2.86. The lowest BCUT2D eigenvalue weighted by atomic mass is 10.2. The lowest BCUT2D eigenvalue weighted by Gasteiger charge is -2.10. The highest BCUT2D eigenvalue weighted by Gasteiger charge is 2.14. The van der Waals surface area contributed by atoms with Gasteiger partial charge in [0.2, 0.25) is 0 Å². The van der Waals surface area contributed by atoms with Crippen LogP contribution in [0, 0.1) is 0 Å². The van der Waals surface area contributed by atoms with Crippen molar-refractivity contribution in [1.29, 1.82) is 0 Å². The molecule has 0 aliphatic rings. The fraction of sp³-hybridized carbons (Fsp3) is 0.333. The van der Waals surface area contributed by atoms with Gasteiger partial charge in [-0.15, -0.1) is 0 Å². The molecule has 162 valence electrons. The van der Waals surface area contributed by atoms with Crippen LogP contribution in [0.25, 0.3) is 22.1 Å². The number of carbonyl (C=O) groups excluding carboxylic acids is 1. The third-order valence-corrected chi connectivity index (χ3v) is 4.72. The Hall–Kier alpha value is -3.66. The summed E-state index contributed by atoms with van der Waals surface area (Å²) in [4.78, 5) is 33.6. The SMILES string of the molecule is CCc1nc2cnc3cccnc3c2n1CCCCNC(=O)c1cnc(N)cn1.CN. The van der Waals surface area contributed by atoms with Gasteiger partial charge in [-0.05, 0) is 32.0 Å². The normalized spacial score (nSPS) is 10.7. The molecule has 4 heterocycles. The van der Waals surface area contributed by atoms with Crippen LogP contribution in [-0.2, 0) is 13.0 Å². The zero-order chi connectivity index (χ0) is 22.2. The van der Waals surface area contributed by atoms with E-state index in [1.54, 1.807) is 6.20 Å². The number of hydrogen-bond donors (Lipinski definition) is 3. The van der Waals surface area contributed by atoms with Crippen LogP contribution in [0.4, 0.5) is 5.82 Å². The summed E-state index contributed by atoms with van der Waals surface area (Å²) in [5.41, 5.74) is 13.9. The molecular weight excluding hydrogens is 394 g/mol. The standard InChI is InChI=1S/C20H22N8O.CH5N/c1-2-17-27-14-10-24-13-6-5-8-22-18(13)19(14)28(17)9-4-3-7-23-20(29)15-11-26-16(21)12-25-15;1-2/h5-6,8,10-12H,2-4,7,9H2,1H3,(H2,21,26)(H,23,29);2H2,1H3. The highest BCUT2D eigenvalue weighted by Crippen LogP contribution is 2.23. The number of nitrogens with zero attached hydrogens (tertiary/aromatic N) is 6. The Bertz CT molecular complexity index is 1150. The average Bonchev–Trinajstić information content (AvgIpc) is 3.18. The largest absolute Gasteiger partial charge is 0.382 e. The van der Waals surface area contributed by atoms with Gasteiger partial charge in [0.1, 0.15) is 28.4 Å². The molecule has 10 heteroatoms. The van der Waals surface area contributed by atoms with Crippen LogP contribution in [0.2, 0.25) is 0 Å². The number of imidazole rings is 1. The van der Waals surface area contributed by atoms with Crippen LogP contribution in [0.5, 0.6) is 0 Å². The lowest BCUT2D eigenvalue weighted by Crippen LogP contribution is -2.25. The van der Waals surface area contributed by atoms with Gasteiger partial charge in [-0.2, -0.15) is 0 Å². The van der Waals surface area contributed by atoms with Gasteiger partial charge in [0.15, 0.2) is 0 Å². The monoisotopic (exact) mass is 421 g/mol. The average molecular weight is 422 g/mol. The minimum absolute atomic E-state index is 0.249. The number of unbranched alkanes of at least 4 members (excludes halogenated alkanes) is 1. The number of amides is 1. The summed E-state index contributed by atoms with van der Waals surface area (Å²) in [6.45, 7) is 3.45. The van der Waals surface area contributed by atoms with Crippen LogP contribution in [0.15, 0.2) is 36.9 Å². The van der Waals surface area contributed by atoms with E-state index in [1.165, 1.54) is 19.4 Å². The lowest BCUT2D eigenvalue weighted by molar-refractivity contribution is 0.0947. The fourth-order valence-corrected chi connectivity index (χ4v) is 3.33. The topological polar surface area (TPSA) is 151 Å². The van der Waals surface area contributed by atoms with E-state index in [4.69, 9.17) is 10.7 Å². The maximum Gasteiger partial charge on any atom is 0.271 e. The zero-order valence-electron chi connectivity index (χ0n) is 17.7. The number of aromatic nitrogens is 6. The van der Waals surface area contributed by atoms with Crippen LogP contribution in [0.1, 0.15) is 36.1 Å². The van der Waals surface area contributed by atoms with Gasteiger partial charge in [-0.3, -0.25) is 14.8 Å². The smallest absolute Gasteiger partial charge is 0.271 e. The Morgan fingerprint density at radius 3 is 2.65 bits per heavy atom. The minimum Gasteiger partial charge on any atom is -0.382 e. The van der Waals surface area contributed by atoms with Crippen molar-refractivity contribution in [2.24, 2.45) is 5.73 Å². The summed E-state index contributed by atoms with van der Waals surface area (Å²) < 4.78 is 2.22. The molecule has 0 spiro atoms. The molecule has 0 unspecified atom stereocenters. The molecule has 0 saturated heterocycles. The Morgan fingerprint density at radius 2 is 1.90 bits per heavy atom. The molecule has 5 N–H and O–H groups in total. The molecule has 0 atom stereocenters. The van der Waals surface area contributed by atoms with Gasteiger partial charge in [-0.25, -0.2) is 15.0 Å². The molecular formula is C21H27N9O. The Labute approximate surface area is 180 Å². The van der Waals surface area contributed by atoms with Crippen molar-refractivity contribution in [3.63, 3.8) is 0 Å². The molecule has 1 amide bonds. The number of aryl methyl sites for hydroxylation is 2. The number of nitrogens with two attached hydrogens (primary N) is 2. The van der Waals surface area contributed by atoms with Crippen LogP contribution in [0.3, 0.4) is 0 Å². The number of fused-ring (bicyclic) bond motifs is 3. The summed E-state index contributed by atoms with van der Waals surface area (Å²) in [6, 6.07) is 3.84. The predicted molar refractivity (Wildman–Crippen MR) is 120 cm³/mol. The first-order chi connectivity index (χ1) is 15.2. The Morgan fingerprint density at radius 1 is 1.06 bits per heavy atom. The van der Waals surface area contributed by atoms with E-state index in [1.807, 2.05) is 18.3 Å². The van der Waals surface area contributed by atoms with E-state index in [-0.39, 0.29) is 17.4 Å². The Kier molecular flexibility index (Phi) is 7.39. The maximum absolute atomic E-state index is 12.1. The van der Waals surface area contributed by atoms with Crippen LogP contribution < -0.4 is 16.8 Å². The fourth-order valence-electron chi connectivity index (χ4n) is 3.33. The molecule has 0 radical (unpaired) electrons. The second kappa shape index (κ2) is 10.4. The van der Waals surface area contributed by atoms with E-state index in [9.17, 15) is 4.79 Å². The first-order valence-corrected chi connectivity index (χ1v) is 10.2. The van der Waals surface area contributed by atoms with Crippen molar-refractivity contribution in [3.8, 4) is 0 Å². The molecule has 0 aromatic carbocycles. The second-order valence-electron chi connectivity index (χ2n) is 6.69. The molecule has 0 fully saturated rings. The minimum atomic E-state index is -0.249. The predicted octanol–water partition coefficient (Wildman–Crippen LogP) is 1.70. The van der Waals surface area contributed by atoms with Crippen molar-refractivity contribution in [2.45, 2.75) is 32.7 Å². The van der Waals surface area contributed by atoms with Crippen LogP contribution in [-0.4, -0.2) is 49.0 Å². The molecule has 4 rings (SSSR count). The number of carbonyl (C=O) groups is 1. The number of hydrogen-bond acceptors (Lipinski definition) is 8. The first-order valence-electron chi connectivity index (χ1n) is 10.2. The second-order valence-corrected chi connectivity index (χ2v) is 6.69. The summed E-state index contributed by atoms with van der Waals surface area (Å²) in [7, 11) is 1.50. The molecule has 4 aromatic heterocycles. The third kappa shape index (κ3) is 4.92. The number of anilines is 1. The van der Waals surface area contributed by atoms with Gasteiger partial charge in [0.25, 0.3) is 5.91 Å². The number of nitrogens with one attached hydrogen (secondary N) is 1. The van der Waals surface area contributed by atoms with Crippen molar-refractivity contribution in [2.75, 3.05) is 19.3 Å². The first kappa shape index (κ1) is 22.0. The highest BCUT2D eigenvalue weighted by atomic mass is 16.1. The maximum atomic E-state index is 12.1. The molecule has 0 aliphatic carbocycles. The van der Waals surface area contributed by atoms with Crippen molar-refractivity contribution < 1.29 is 4.79 Å². The van der Waals surface area contributed by atoms with Gasteiger partial charge < -0.3 is 21.4 Å².